The predicted molar refractivity (Wildman–Crippen MR) is 272 cm³/mol. The molecular weight excluding hydrogens is 981 g/mol. The van der Waals surface area contributed by atoms with Crippen molar-refractivity contribution in [1.82, 2.24) is 30.1 Å². The number of ether oxygens (including phenoxy) is 1. The van der Waals surface area contributed by atoms with E-state index in [1.54, 1.807) is 13.3 Å². The summed E-state index contributed by atoms with van der Waals surface area (Å²) in [5.74, 6) is -2.44. The molecule has 0 aliphatic carbocycles. The summed E-state index contributed by atoms with van der Waals surface area (Å²) in [6, 6.07) is 15.0. The third-order valence-electron chi connectivity index (χ3n) is 15.0. The van der Waals surface area contributed by atoms with Gasteiger partial charge in [-0.1, -0.05) is 13.0 Å². The number of hydrogen-bond donors (Lipinski definition) is 3. The molecule has 5 aliphatic heterocycles. The van der Waals surface area contributed by atoms with E-state index in [4.69, 9.17) is 14.7 Å². The van der Waals surface area contributed by atoms with Gasteiger partial charge in [0.1, 0.15) is 30.3 Å². The second-order valence-electron chi connectivity index (χ2n) is 19.2. The fourth-order valence-electron chi connectivity index (χ4n) is 11.0. The summed E-state index contributed by atoms with van der Waals surface area (Å²) in [6.45, 7) is 9.57. The molecule has 0 spiro atoms. The number of fused-ring (bicyclic) bond motifs is 1. The van der Waals surface area contributed by atoms with E-state index in [1.807, 2.05) is 41.0 Å². The van der Waals surface area contributed by atoms with Crippen LogP contribution in [0.1, 0.15) is 68.2 Å². The van der Waals surface area contributed by atoms with E-state index in [2.05, 4.69) is 65.7 Å². The van der Waals surface area contributed by atoms with E-state index in [-0.39, 0.29) is 30.2 Å². The van der Waals surface area contributed by atoms with Crippen LogP contribution in [0.2, 0.25) is 0 Å². The summed E-state index contributed by atoms with van der Waals surface area (Å²) in [5, 5.41) is 10.8. The highest BCUT2D eigenvalue weighted by molar-refractivity contribution is 9.10. The number of imide groups is 1. The van der Waals surface area contributed by atoms with Crippen LogP contribution in [0.25, 0.3) is 10.9 Å². The van der Waals surface area contributed by atoms with Crippen LogP contribution < -0.4 is 35.8 Å². The number of hydrogen-bond acceptors (Lipinski definition) is 13. The van der Waals surface area contributed by atoms with E-state index in [0.717, 1.165) is 90.8 Å². The third-order valence-corrected chi connectivity index (χ3v) is 18.9. The van der Waals surface area contributed by atoms with Crippen LogP contribution in [0, 0.1) is 24.5 Å². The zero-order valence-corrected chi connectivity index (χ0v) is 42.2. The topological polar surface area (TPSA) is 165 Å². The molecule has 2 aromatic heterocycles. The number of anilines is 6. The standard InChI is InChI=1S/C51H58BrF2N10O5P/c1-4-31-24-42(58-51-55-28-37(52)48(60-51)57-41-10-9-40-35(7-6-30(2)56-40)47(41)70(68)22-5-23-70)44(69-3)27-43(31)62-16-13-33(14-17-62)61-18-20-63(21-19-61)50(67)32-12-15-64(29-32)34-25-38(53)46(39(54)26-34)36-8-11-45(65)59-49(36)66/h6-7,9-10,24-28,32-33,36H,4-5,8,11-23,29H2,1-3H3,(H,59,65,66)(H2,55,57,58,60)/t32-,36?/m1/s1. The number of carbonyl (C=O) groups is 3. The molecule has 0 saturated carbocycles. The number of piperidine rings is 2. The Kier molecular flexibility index (Phi) is 13.6. The van der Waals surface area contributed by atoms with Gasteiger partial charge < -0.3 is 34.6 Å². The zero-order valence-electron chi connectivity index (χ0n) is 39.7. The van der Waals surface area contributed by atoms with Crippen LogP contribution in [-0.2, 0) is 25.4 Å². The molecule has 15 nitrogen and oxygen atoms in total. The number of methoxy groups -OCH3 is 1. The van der Waals surface area contributed by atoms with Gasteiger partial charge in [-0.2, -0.15) is 4.98 Å². The van der Waals surface area contributed by atoms with E-state index >= 15 is 8.78 Å². The largest absolute Gasteiger partial charge is 0.494 e. The first-order chi connectivity index (χ1) is 33.8. The van der Waals surface area contributed by atoms with Crippen LogP contribution in [0.3, 0.4) is 0 Å². The summed E-state index contributed by atoms with van der Waals surface area (Å²) in [4.78, 5) is 60.6. The number of nitrogens with one attached hydrogen (secondary N) is 3. The molecular formula is C51H58BrF2N10O5P. The Labute approximate surface area is 414 Å². The first-order valence-electron chi connectivity index (χ1n) is 24.4. The first kappa shape index (κ1) is 47.9. The lowest BCUT2D eigenvalue weighted by atomic mass is 9.89. The summed E-state index contributed by atoms with van der Waals surface area (Å²) in [6.07, 6.45) is 7.45. The van der Waals surface area contributed by atoms with Crippen molar-refractivity contribution in [3.63, 3.8) is 0 Å². The summed E-state index contributed by atoms with van der Waals surface area (Å²) in [5.41, 5.74) is 5.58. The molecule has 70 heavy (non-hydrogen) atoms. The zero-order chi connectivity index (χ0) is 48.8. The first-order valence-corrected chi connectivity index (χ1v) is 27.3. The summed E-state index contributed by atoms with van der Waals surface area (Å²) in [7, 11) is -0.912. The van der Waals surface area contributed by atoms with Crippen molar-refractivity contribution < 1.29 is 32.5 Å². The van der Waals surface area contributed by atoms with Gasteiger partial charge >= 0.3 is 0 Å². The molecule has 3 amide bonds. The molecule has 3 N–H and O–H groups in total. The van der Waals surface area contributed by atoms with Crippen molar-refractivity contribution in [1.29, 1.82) is 0 Å². The van der Waals surface area contributed by atoms with Gasteiger partial charge in [0.05, 0.1) is 40.3 Å². The van der Waals surface area contributed by atoms with Crippen molar-refractivity contribution in [2.45, 2.75) is 70.8 Å². The molecule has 0 bridgehead atoms. The number of benzene rings is 3. The number of nitrogens with zero attached hydrogens (tertiary/aromatic N) is 7. The molecule has 5 aliphatic rings. The van der Waals surface area contributed by atoms with Crippen LogP contribution in [0.15, 0.2) is 59.2 Å². The Balaban J connectivity index is 0.744. The van der Waals surface area contributed by atoms with Crippen LogP contribution in [0.5, 0.6) is 5.75 Å². The smallest absolute Gasteiger partial charge is 0.234 e. The third kappa shape index (κ3) is 9.46. The van der Waals surface area contributed by atoms with E-state index in [0.29, 0.717) is 78.6 Å². The second-order valence-corrected chi connectivity index (χ2v) is 23.2. The van der Waals surface area contributed by atoms with Crippen molar-refractivity contribution in [3.05, 3.63) is 87.7 Å². The minimum Gasteiger partial charge on any atom is -0.494 e. The number of pyridine rings is 1. The maximum Gasteiger partial charge on any atom is 0.234 e. The summed E-state index contributed by atoms with van der Waals surface area (Å²) < 4.78 is 51.4. The normalized spacial score (nSPS) is 20.9. The molecule has 0 radical (unpaired) electrons. The van der Waals surface area contributed by atoms with Gasteiger partial charge in [0.25, 0.3) is 0 Å². The van der Waals surface area contributed by atoms with E-state index in [1.165, 1.54) is 17.7 Å². The lowest BCUT2D eigenvalue weighted by Gasteiger charge is -2.44. The lowest BCUT2D eigenvalue weighted by Crippen LogP contribution is -2.55. The van der Waals surface area contributed by atoms with Crippen LogP contribution in [0.4, 0.5) is 43.3 Å². The van der Waals surface area contributed by atoms with Gasteiger partial charge in [-0.3, -0.25) is 29.6 Å². The van der Waals surface area contributed by atoms with Gasteiger partial charge in [-0.25, -0.2) is 13.8 Å². The Morgan fingerprint density at radius 2 is 1.64 bits per heavy atom. The van der Waals surface area contributed by atoms with Gasteiger partial charge in [-0.05, 0) is 103 Å². The van der Waals surface area contributed by atoms with Crippen molar-refractivity contribution >= 4 is 91.5 Å². The Bertz CT molecular complexity index is 2900. The average Bonchev–Trinajstić information content (AvgIpc) is 3.85. The minimum absolute atomic E-state index is 0.0272. The van der Waals surface area contributed by atoms with E-state index in [9.17, 15) is 18.9 Å². The summed E-state index contributed by atoms with van der Waals surface area (Å²) >= 11 is 3.64. The van der Waals surface area contributed by atoms with Gasteiger partial charge in [0, 0.05) is 123 Å². The quantitative estimate of drug-likeness (QED) is 0.0815. The number of carbonyl (C=O) groups excluding carboxylic acids is 3. The number of halogens is 3. The van der Waals surface area contributed by atoms with Crippen molar-refractivity contribution in [3.8, 4) is 5.75 Å². The van der Waals surface area contributed by atoms with Gasteiger partial charge in [0.2, 0.25) is 23.7 Å². The molecule has 19 heteroatoms. The monoisotopic (exact) mass is 1040 g/mol. The number of amides is 3. The second kappa shape index (κ2) is 19.8. The fourth-order valence-corrected chi connectivity index (χ4v) is 13.8. The molecule has 3 aromatic carbocycles. The maximum absolute atomic E-state index is 15.3. The number of piperazine rings is 1. The Hall–Kier alpha value is -5.71. The van der Waals surface area contributed by atoms with E-state index < -0.39 is 36.5 Å². The number of aromatic nitrogens is 3. The van der Waals surface area contributed by atoms with Crippen molar-refractivity contribution in [2.24, 2.45) is 5.92 Å². The Morgan fingerprint density at radius 1 is 0.900 bits per heavy atom. The van der Waals surface area contributed by atoms with Crippen LogP contribution >= 0.6 is 23.1 Å². The predicted octanol–water partition coefficient (Wildman–Crippen LogP) is 7.98. The molecule has 5 saturated heterocycles. The molecule has 5 fully saturated rings. The number of aryl methyl sites for hydroxylation is 2. The van der Waals surface area contributed by atoms with Gasteiger partial charge in [0.15, 0.2) is 0 Å². The van der Waals surface area contributed by atoms with Gasteiger partial charge in [-0.15, -0.1) is 0 Å². The van der Waals surface area contributed by atoms with Crippen LogP contribution in [-0.4, -0.2) is 120 Å². The molecule has 10 rings (SSSR count). The highest BCUT2D eigenvalue weighted by Crippen LogP contribution is 2.56. The SMILES string of the molecule is CCc1cc(Nc2ncc(Br)c(Nc3ccc4nc(C)ccc4c3P3(=O)CCC3)n2)c(OC)cc1N1CCC(N2CCN(C(=O)[C@@H]3CCN(c4cc(F)c(C5CCC(=O)NC5=O)c(F)c4)C3)CC2)CC1. The Morgan fingerprint density at radius 3 is 2.33 bits per heavy atom. The number of rotatable bonds is 12. The highest BCUT2D eigenvalue weighted by Gasteiger charge is 2.38. The molecule has 7 heterocycles. The fraction of sp³-hybridized carbons (Fsp3) is 0.451. The highest BCUT2D eigenvalue weighted by atomic mass is 79.9. The average molecular weight is 1040 g/mol. The molecule has 368 valence electrons. The minimum atomic E-state index is -2.58. The lowest BCUT2D eigenvalue weighted by molar-refractivity contribution is -0.137. The molecule has 2 atom stereocenters. The maximum atomic E-state index is 15.3. The molecule has 5 aromatic rings. The molecule has 1 unspecified atom stereocenters. The van der Waals surface area contributed by atoms with Crippen molar-refractivity contribution in [2.75, 3.05) is 92.2 Å².